The van der Waals surface area contributed by atoms with Gasteiger partial charge in [0, 0.05) is 10.0 Å². The summed E-state index contributed by atoms with van der Waals surface area (Å²) in [7, 11) is 0. The Kier molecular flexibility index (Phi) is 5.52. The second-order valence-electron chi connectivity index (χ2n) is 3.39. The maximum atomic E-state index is 9.02. The van der Waals surface area contributed by atoms with Gasteiger partial charge in [-0.05, 0) is 53.6 Å². The summed E-state index contributed by atoms with van der Waals surface area (Å²) in [6.45, 7) is 4.49. The van der Waals surface area contributed by atoms with Gasteiger partial charge in [0.25, 0.3) is 0 Å². The summed E-state index contributed by atoms with van der Waals surface area (Å²) in [5, 5.41) is 9.02. The molecule has 0 aliphatic heterocycles. The molecule has 0 radical (unpaired) electrons. The van der Waals surface area contributed by atoms with E-state index in [9.17, 15) is 0 Å². The topological polar surface area (TPSA) is 29.5 Å². The van der Waals surface area contributed by atoms with Crippen LogP contribution in [-0.2, 0) is 0 Å². The first-order chi connectivity index (χ1) is 7.58. The van der Waals surface area contributed by atoms with Crippen LogP contribution in [0.5, 0.6) is 5.75 Å². The molecule has 0 aliphatic carbocycles. The number of hydrogen-bond acceptors (Lipinski definition) is 2. The lowest BCUT2D eigenvalue weighted by Crippen LogP contribution is -1.96. The number of hydrogen-bond donors (Lipinski definition) is 1. The monoisotopic (exact) mass is 348 g/mol. The quantitative estimate of drug-likeness (QED) is 0.890. The van der Waals surface area contributed by atoms with E-state index in [0.717, 1.165) is 25.8 Å². The molecule has 1 N–H and O–H groups in total. The van der Waals surface area contributed by atoms with Crippen LogP contribution < -0.4 is 4.74 Å². The Morgan fingerprint density at radius 3 is 2.69 bits per heavy atom. The van der Waals surface area contributed by atoms with Crippen LogP contribution in [-0.4, -0.2) is 18.3 Å². The molecule has 0 atom stereocenters. The maximum Gasteiger partial charge on any atom is 0.140 e. The summed E-state index contributed by atoms with van der Waals surface area (Å²) >= 11 is 6.90. The Hall–Kier alpha value is -0.320. The molecule has 0 aromatic heterocycles. The number of aliphatic hydroxyl groups excluding tert-OH is 1. The maximum absolute atomic E-state index is 9.02. The van der Waals surface area contributed by atoms with Crippen LogP contribution in [0.3, 0.4) is 0 Å². The Morgan fingerprint density at radius 2 is 2.12 bits per heavy atom. The first kappa shape index (κ1) is 13.7. The third-order valence-corrected chi connectivity index (χ3v) is 3.02. The van der Waals surface area contributed by atoms with Crippen LogP contribution in [0.4, 0.5) is 0 Å². The fourth-order valence-corrected chi connectivity index (χ4v) is 2.67. The molecule has 0 spiro atoms. The van der Waals surface area contributed by atoms with E-state index in [1.165, 1.54) is 0 Å². The number of benzene rings is 1. The zero-order valence-electron chi connectivity index (χ0n) is 9.26. The van der Waals surface area contributed by atoms with Crippen molar-refractivity contribution in [2.24, 2.45) is 0 Å². The van der Waals surface area contributed by atoms with Crippen molar-refractivity contribution in [3.8, 4) is 5.75 Å². The predicted octanol–water partition coefficient (Wildman–Crippen LogP) is 4.01. The van der Waals surface area contributed by atoms with Crippen molar-refractivity contribution in [2.45, 2.75) is 13.8 Å². The van der Waals surface area contributed by atoms with Crippen LogP contribution >= 0.6 is 31.9 Å². The summed E-state index contributed by atoms with van der Waals surface area (Å²) < 4.78 is 7.45. The van der Waals surface area contributed by atoms with Gasteiger partial charge >= 0.3 is 0 Å². The highest BCUT2D eigenvalue weighted by atomic mass is 79.9. The molecule has 0 saturated heterocycles. The minimum atomic E-state index is 0.0513. The molecule has 1 rings (SSSR count). The fraction of sp³-hybridized carbons (Fsp3) is 0.333. The Morgan fingerprint density at radius 1 is 1.44 bits per heavy atom. The smallest absolute Gasteiger partial charge is 0.140 e. The van der Waals surface area contributed by atoms with Gasteiger partial charge in [0.1, 0.15) is 5.75 Å². The van der Waals surface area contributed by atoms with Crippen molar-refractivity contribution < 1.29 is 9.84 Å². The molecular weight excluding hydrogens is 336 g/mol. The van der Waals surface area contributed by atoms with Gasteiger partial charge in [0.15, 0.2) is 0 Å². The summed E-state index contributed by atoms with van der Waals surface area (Å²) in [5.41, 5.74) is 1.85. The molecular formula is C12H14Br2O2. The minimum Gasteiger partial charge on any atom is -0.492 e. The zero-order chi connectivity index (χ0) is 12.1. The highest BCUT2D eigenvalue weighted by molar-refractivity contribution is 9.11. The average Bonchev–Trinajstić information content (AvgIpc) is 2.23. The van der Waals surface area contributed by atoms with Gasteiger partial charge in [0.05, 0.1) is 17.7 Å². The lowest BCUT2D eigenvalue weighted by molar-refractivity contribution is 0.331. The molecule has 0 amide bonds. The lowest BCUT2D eigenvalue weighted by atomic mass is 10.1. The van der Waals surface area contributed by atoms with E-state index in [4.69, 9.17) is 9.84 Å². The third kappa shape index (κ3) is 3.61. The van der Waals surface area contributed by atoms with Gasteiger partial charge < -0.3 is 9.84 Å². The van der Waals surface area contributed by atoms with Gasteiger partial charge in [-0.15, -0.1) is 0 Å². The van der Waals surface area contributed by atoms with Gasteiger partial charge in [-0.1, -0.05) is 15.9 Å². The van der Waals surface area contributed by atoms with Crippen molar-refractivity contribution in [1.82, 2.24) is 0 Å². The largest absolute Gasteiger partial charge is 0.492 e. The molecule has 88 valence electrons. The fourth-order valence-electron chi connectivity index (χ4n) is 1.30. The average molecular weight is 350 g/mol. The van der Waals surface area contributed by atoms with E-state index in [-0.39, 0.29) is 6.61 Å². The molecule has 1 aromatic rings. The summed E-state index contributed by atoms with van der Waals surface area (Å²) in [5.74, 6) is 0.804. The second-order valence-corrected chi connectivity index (χ2v) is 5.16. The Balaban J connectivity index is 3.23. The Bertz CT molecular complexity index is 400. The zero-order valence-corrected chi connectivity index (χ0v) is 12.4. The van der Waals surface area contributed by atoms with Crippen molar-refractivity contribution in [1.29, 1.82) is 0 Å². The standard InChI is InChI=1S/C12H14Br2O2/c1-3-16-12-9(4-8(2)7-15)5-10(13)6-11(12)14/h4-6,15H,3,7H2,1-2H3. The molecule has 4 heteroatoms. The molecule has 0 aliphatic rings. The normalized spacial score (nSPS) is 11.7. The minimum absolute atomic E-state index is 0.0513. The SMILES string of the molecule is CCOc1c(Br)cc(Br)cc1C=C(C)CO. The molecule has 0 bridgehead atoms. The van der Waals surface area contributed by atoms with Crippen molar-refractivity contribution >= 4 is 37.9 Å². The first-order valence-corrected chi connectivity index (χ1v) is 6.57. The van der Waals surface area contributed by atoms with E-state index < -0.39 is 0 Å². The van der Waals surface area contributed by atoms with Crippen molar-refractivity contribution in [2.75, 3.05) is 13.2 Å². The molecule has 1 aromatic carbocycles. The summed E-state index contributed by atoms with van der Waals surface area (Å²) in [6.07, 6.45) is 1.92. The summed E-state index contributed by atoms with van der Waals surface area (Å²) in [6, 6.07) is 3.91. The molecule has 0 fully saturated rings. The third-order valence-electron chi connectivity index (χ3n) is 1.98. The van der Waals surface area contributed by atoms with E-state index >= 15 is 0 Å². The number of halogens is 2. The van der Waals surface area contributed by atoms with Gasteiger partial charge in [0.2, 0.25) is 0 Å². The van der Waals surface area contributed by atoms with E-state index in [0.29, 0.717) is 6.61 Å². The number of aliphatic hydroxyl groups is 1. The van der Waals surface area contributed by atoms with E-state index in [1.807, 2.05) is 32.1 Å². The summed E-state index contributed by atoms with van der Waals surface area (Å²) in [4.78, 5) is 0. The highest BCUT2D eigenvalue weighted by Gasteiger charge is 2.08. The van der Waals surface area contributed by atoms with Crippen LogP contribution in [0, 0.1) is 0 Å². The van der Waals surface area contributed by atoms with Gasteiger partial charge in [-0.2, -0.15) is 0 Å². The number of ether oxygens (including phenoxy) is 1. The van der Waals surface area contributed by atoms with Gasteiger partial charge in [-0.25, -0.2) is 0 Å². The van der Waals surface area contributed by atoms with E-state index in [2.05, 4.69) is 31.9 Å². The molecule has 0 saturated carbocycles. The van der Waals surface area contributed by atoms with Crippen LogP contribution in [0.25, 0.3) is 6.08 Å². The Labute approximate surface area is 113 Å². The molecule has 16 heavy (non-hydrogen) atoms. The van der Waals surface area contributed by atoms with Crippen molar-refractivity contribution in [3.05, 3.63) is 32.2 Å². The van der Waals surface area contributed by atoms with E-state index in [1.54, 1.807) is 0 Å². The van der Waals surface area contributed by atoms with Crippen molar-refractivity contribution in [3.63, 3.8) is 0 Å². The van der Waals surface area contributed by atoms with Crippen LogP contribution in [0.15, 0.2) is 26.7 Å². The second kappa shape index (κ2) is 6.42. The number of rotatable bonds is 4. The predicted molar refractivity (Wildman–Crippen MR) is 73.7 cm³/mol. The lowest BCUT2D eigenvalue weighted by Gasteiger charge is -2.11. The van der Waals surface area contributed by atoms with Crippen LogP contribution in [0.2, 0.25) is 0 Å². The first-order valence-electron chi connectivity index (χ1n) is 4.98. The molecule has 0 heterocycles. The van der Waals surface area contributed by atoms with Gasteiger partial charge in [-0.3, -0.25) is 0 Å². The highest BCUT2D eigenvalue weighted by Crippen LogP contribution is 2.34. The van der Waals surface area contributed by atoms with Crippen LogP contribution in [0.1, 0.15) is 19.4 Å². The molecule has 2 nitrogen and oxygen atoms in total. The molecule has 0 unspecified atom stereocenters.